The Hall–Kier alpha value is -1.09. The molecule has 0 aliphatic rings. The lowest BCUT2D eigenvalue weighted by atomic mass is 10.0. The molecule has 1 aromatic heterocycles. The normalized spacial score (nSPS) is 11.6. The van der Waals surface area contributed by atoms with E-state index in [4.69, 9.17) is 0 Å². The first-order valence-corrected chi connectivity index (χ1v) is 3.88. The summed E-state index contributed by atoms with van der Waals surface area (Å²) in [6.07, 6.45) is 1.80. The van der Waals surface area contributed by atoms with E-state index in [0.717, 1.165) is 4.73 Å². The quantitative estimate of drug-likeness (QED) is 0.519. The van der Waals surface area contributed by atoms with Gasteiger partial charge in [-0.25, -0.2) is 0 Å². The van der Waals surface area contributed by atoms with E-state index in [9.17, 15) is 10.3 Å². The Balaban J connectivity index is 2.83. The van der Waals surface area contributed by atoms with E-state index in [-0.39, 0.29) is 0 Å². The molecular formula is C9H13NO2. The van der Waals surface area contributed by atoms with Gasteiger partial charge in [0.05, 0.1) is 12.0 Å². The van der Waals surface area contributed by atoms with E-state index in [0.29, 0.717) is 12.1 Å². The van der Waals surface area contributed by atoms with Gasteiger partial charge in [-0.3, -0.25) is 0 Å². The molecule has 0 unspecified atom stereocenters. The average molecular weight is 167 g/mol. The lowest BCUT2D eigenvalue weighted by Gasteiger charge is -2.15. The second kappa shape index (κ2) is 3.11. The van der Waals surface area contributed by atoms with Gasteiger partial charge in [-0.15, -0.1) is 0 Å². The molecule has 0 atom stereocenters. The number of rotatable bonds is 2. The van der Waals surface area contributed by atoms with Gasteiger partial charge in [0.2, 0.25) is 0 Å². The van der Waals surface area contributed by atoms with Crippen LogP contribution < -0.4 is 4.73 Å². The zero-order valence-electron chi connectivity index (χ0n) is 7.32. The molecule has 1 heterocycles. The molecule has 0 aliphatic carbocycles. The summed E-state index contributed by atoms with van der Waals surface area (Å²) < 4.78 is 0.776. The van der Waals surface area contributed by atoms with Crippen molar-refractivity contribution < 1.29 is 9.84 Å². The first-order chi connectivity index (χ1) is 5.49. The largest absolute Gasteiger partial charge is 0.619 e. The zero-order chi connectivity index (χ0) is 9.19. The maximum Gasteiger partial charge on any atom is 0.195 e. The van der Waals surface area contributed by atoms with E-state index in [1.54, 1.807) is 32.0 Å². The van der Waals surface area contributed by atoms with Crippen molar-refractivity contribution in [2.24, 2.45) is 0 Å². The minimum atomic E-state index is -0.826. The number of nitrogens with zero attached hydrogens (tertiary/aromatic N) is 1. The van der Waals surface area contributed by atoms with Gasteiger partial charge in [-0.1, -0.05) is 6.07 Å². The third kappa shape index (κ3) is 2.51. The van der Waals surface area contributed by atoms with Crippen molar-refractivity contribution >= 4 is 0 Å². The van der Waals surface area contributed by atoms with Gasteiger partial charge in [-0.2, -0.15) is 4.73 Å². The van der Waals surface area contributed by atoms with Crippen molar-refractivity contribution in [1.82, 2.24) is 0 Å². The molecule has 0 saturated heterocycles. The zero-order valence-corrected chi connectivity index (χ0v) is 7.32. The lowest BCUT2D eigenvalue weighted by molar-refractivity contribution is -0.614. The van der Waals surface area contributed by atoms with Crippen molar-refractivity contribution in [1.29, 1.82) is 0 Å². The summed E-state index contributed by atoms with van der Waals surface area (Å²) in [6.45, 7) is 3.36. The van der Waals surface area contributed by atoms with Crippen LogP contribution >= 0.6 is 0 Å². The highest BCUT2D eigenvalue weighted by Crippen LogP contribution is 2.07. The Morgan fingerprint density at radius 3 is 2.67 bits per heavy atom. The third-order valence-electron chi connectivity index (χ3n) is 1.52. The van der Waals surface area contributed by atoms with Crippen molar-refractivity contribution in [3.63, 3.8) is 0 Å². The number of hydrogen-bond acceptors (Lipinski definition) is 2. The van der Waals surface area contributed by atoms with Crippen LogP contribution in [0.25, 0.3) is 0 Å². The molecule has 0 saturated carbocycles. The van der Waals surface area contributed by atoms with Crippen LogP contribution in [-0.4, -0.2) is 10.7 Å². The van der Waals surface area contributed by atoms with Crippen LogP contribution in [0.1, 0.15) is 19.5 Å². The smallest absolute Gasteiger partial charge is 0.195 e. The van der Waals surface area contributed by atoms with Crippen LogP contribution in [0.4, 0.5) is 0 Å². The van der Waals surface area contributed by atoms with E-state index < -0.39 is 5.60 Å². The Morgan fingerprint density at radius 2 is 2.17 bits per heavy atom. The van der Waals surface area contributed by atoms with Crippen molar-refractivity contribution in [2.45, 2.75) is 25.9 Å². The van der Waals surface area contributed by atoms with Crippen LogP contribution in [0.15, 0.2) is 24.4 Å². The monoisotopic (exact) mass is 167 g/mol. The summed E-state index contributed by atoms with van der Waals surface area (Å²) in [7, 11) is 0. The standard InChI is InChI=1S/C9H13NO2/c1-9(2,11)7-8-5-3-4-6-10(8)12/h3-6,11H,7H2,1-2H3. The summed E-state index contributed by atoms with van der Waals surface area (Å²) >= 11 is 0. The summed E-state index contributed by atoms with van der Waals surface area (Å²) in [6, 6.07) is 5.17. The number of aliphatic hydroxyl groups is 1. The van der Waals surface area contributed by atoms with E-state index in [1.807, 2.05) is 0 Å². The summed E-state index contributed by atoms with van der Waals surface area (Å²) in [5.41, 5.74) is -0.238. The topological polar surface area (TPSA) is 47.2 Å². The summed E-state index contributed by atoms with van der Waals surface area (Å²) in [5.74, 6) is 0. The van der Waals surface area contributed by atoms with Gasteiger partial charge >= 0.3 is 0 Å². The fraction of sp³-hybridized carbons (Fsp3) is 0.444. The molecule has 0 aromatic carbocycles. The molecule has 1 N–H and O–H groups in total. The lowest BCUT2D eigenvalue weighted by Crippen LogP contribution is -2.36. The molecule has 1 aromatic rings. The summed E-state index contributed by atoms with van der Waals surface area (Å²) in [5, 5.41) is 20.5. The van der Waals surface area contributed by atoms with Crippen molar-refractivity contribution in [3.8, 4) is 0 Å². The van der Waals surface area contributed by atoms with Crippen molar-refractivity contribution in [3.05, 3.63) is 35.3 Å². The van der Waals surface area contributed by atoms with Gasteiger partial charge in [0, 0.05) is 12.1 Å². The van der Waals surface area contributed by atoms with Gasteiger partial charge in [-0.05, 0) is 13.8 Å². The highest BCUT2D eigenvalue weighted by atomic mass is 16.5. The van der Waals surface area contributed by atoms with Gasteiger partial charge in [0.15, 0.2) is 11.9 Å². The highest BCUT2D eigenvalue weighted by Gasteiger charge is 2.18. The summed E-state index contributed by atoms with van der Waals surface area (Å²) in [4.78, 5) is 0. The fourth-order valence-electron chi connectivity index (χ4n) is 1.04. The Labute approximate surface area is 71.9 Å². The molecule has 0 amide bonds. The second-order valence-electron chi connectivity index (χ2n) is 3.51. The van der Waals surface area contributed by atoms with Gasteiger partial charge in [0.1, 0.15) is 0 Å². The highest BCUT2D eigenvalue weighted by molar-refractivity contribution is 5.00. The first kappa shape index (κ1) is 9.00. The number of hydrogen-bond donors (Lipinski definition) is 1. The average Bonchev–Trinajstić information content (AvgIpc) is 1.91. The molecule has 66 valence electrons. The first-order valence-electron chi connectivity index (χ1n) is 3.88. The van der Waals surface area contributed by atoms with E-state index in [2.05, 4.69) is 0 Å². The molecule has 12 heavy (non-hydrogen) atoms. The molecule has 3 heteroatoms. The van der Waals surface area contributed by atoms with Crippen LogP contribution in [0.2, 0.25) is 0 Å². The number of aromatic nitrogens is 1. The molecule has 0 spiro atoms. The molecule has 0 aliphatic heterocycles. The van der Waals surface area contributed by atoms with Crippen LogP contribution in [0.3, 0.4) is 0 Å². The molecule has 0 radical (unpaired) electrons. The molecular weight excluding hydrogens is 154 g/mol. The maximum atomic E-state index is 11.1. The third-order valence-corrected chi connectivity index (χ3v) is 1.52. The molecule has 0 fully saturated rings. The SMILES string of the molecule is CC(C)(O)Cc1cccc[n+]1[O-]. The molecule has 1 rings (SSSR count). The Kier molecular flexibility index (Phi) is 2.33. The predicted octanol–water partition coefficient (Wildman–Crippen LogP) is 0.633. The van der Waals surface area contributed by atoms with Crippen LogP contribution in [-0.2, 0) is 6.42 Å². The predicted molar refractivity (Wildman–Crippen MR) is 45.4 cm³/mol. The van der Waals surface area contributed by atoms with Gasteiger partial charge in [0.25, 0.3) is 0 Å². The maximum absolute atomic E-state index is 11.1. The van der Waals surface area contributed by atoms with Gasteiger partial charge < -0.3 is 10.3 Å². The van der Waals surface area contributed by atoms with E-state index >= 15 is 0 Å². The number of pyridine rings is 1. The second-order valence-corrected chi connectivity index (χ2v) is 3.51. The Bertz CT molecular complexity index is 265. The van der Waals surface area contributed by atoms with E-state index in [1.165, 1.54) is 6.20 Å². The minimum absolute atomic E-state index is 0.372. The van der Waals surface area contributed by atoms with Crippen LogP contribution in [0, 0.1) is 5.21 Å². The fourth-order valence-corrected chi connectivity index (χ4v) is 1.04. The molecule has 0 bridgehead atoms. The van der Waals surface area contributed by atoms with Crippen LogP contribution in [0.5, 0.6) is 0 Å². The Morgan fingerprint density at radius 1 is 1.50 bits per heavy atom. The van der Waals surface area contributed by atoms with Crippen molar-refractivity contribution in [2.75, 3.05) is 0 Å². The minimum Gasteiger partial charge on any atom is -0.619 e. The molecule has 3 nitrogen and oxygen atoms in total.